The Hall–Kier alpha value is -0.560. The molecule has 0 saturated heterocycles. The molecule has 1 aromatic carbocycles. The number of hydrogen-bond donors (Lipinski definition) is 0. The molecule has 0 nitrogen and oxygen atoms in total. The van der Waals surface area contributed by atoms with Crippen LogP contribution in [0.4, 0.5) is 4.39 Å². The third-order valence-electron chi connectivity index (χ3n) is 1.64. The van der Waals surface area contributed by atoms with E-state index in [2.05, 4.69) is 13.8 Å². The van der Waals surface area contributed by atoms with E-state index >= 15 is 0 Å². The van der Waals surface area contributed by atoms with Gasteiger partial charge in [0.1, 0.15) is 5.82 Å². The molecule has 0 fully saturated rings. The summed E-state index contributed by atoms with van der Waals surface area (Å²) in [5.74, 6) is 0.278. The zero-order valence-electron chi connectivity index (χ0n) is 9.27. The quantitative estimate of drug-likeness (QED) is 0.672. The molecule has 0 N–H and O–H groups in total. The van der Waals surface area contributed by atoms with Crippen molar-refractivity contribution in [2.75, 3.05) is 0 Å². The zero-order chi connectivity index (χ0) is 11.1. The van der Waals surface area contributed by atoms with E-state index in [0.29, 0.717) is 10.9 Å². The van der Waals surface area contributed by atoms with Crippen molar-refractivity contribution < 1.29 is 4.39 Å². The standard InChI is InChI=1S/C10H12ClF.C2H6/c1-7(2)5-8-3-4-9(12)6-10(8)11;1-2/h3-4,6-7H,5H2,1-2H3;1-2H3. The van der Waals surface area contributed by atoms with E-state index in [-0.39, 0.29) is 5.82 Å². The molecule has 1 rings (SSSR count). The highest BCUT2D eigenvalue weighted by Gasteiger charge is 2.03. The molecule has 0 saturated carbocycles. The van der Waals surface area contributed by atoms with E-state index in [1.54, 1.807) is 6.07 Å². The van der Waals surface area contributed by atoms with Crippen molar-refractivity contribution in [2.24, 2.45) is 5.92 Å². The molecule has 0 aliphatic carbocycles. The average Bonchev–Trinajstić information content (AvgIpc) is 2.13. The summed E-state index contributed by atoms with van der Waals surface area (Å²) < 4.78 is 12.6. The molecule has 0 amide bonds. The fourth-order valence-electron chi connectivity index (χ4n) is 1.13. The second kappa shape index (κ2) is 6.83. The molecule has 0 spiro atoms. The minimum absolute atomic E-state index is 0.271. The Morgan fingerprint density at radius 1 is 1.29 bits per heavy atom. The third kappa shape index (κ3) is 4.61. The maximum atomic E-state index is 12.6. The predicted molar refractivity (Wildman–Crippen MR) is 61.3 cm³/mol. The molecular formula is C12H18ClF. The molecule has 1 aromatic rings. The summed E-state index contributed by atoms with van der Waals surface area (Å²) in [5.41, 5.74) is 1.02. The molecule has 2 heteroatoms. The van der Waals surface area contributed by atoms with E-state index in [1.807, 2.05) is 13.8 Å². The molecule has 14 heavy (non-hydrogen) atoms. The normalized spacial score (nSPS) is 9.64. The molecule has 0 heterocycles. The molecule has 0 bridgehead atoms. The van der Waals surface area contributed by atoms with Crippen molar-refractivity contribution in [3.8, 4) is 0 Å². The Kier molecular flexibility index (Phi) is 6.56. The maximum Gasteiger partial charge on any atom is 0.124 e. The van der Waals surface area contributed by atoms with Crippen molar-refractivity contribution in [3.63, 3.8) is 0 Å². The van der Waals surface area contributed by atoms with E-state index in [0.717, 1.165) is 12.0 Å². The molecule has 0 unspecified atom stereocenters. The van der Waals surface area contributed by atoms with Gasteiger partial charge in [0, 0.05) is 5.02 Å². The Morgan fingerprint density at radius 2 is 1.86 bits per heavy atom. The highest BCUT2D eigenvalue weighted by molar-refractivity contribution is 6.31. The molecule has 0 aliphatic heterocycles. The number of rotatable bonds is 2. The lowest BCUT2D eigenvalue weighted by molar-refractivity contribution is 0.620. The lowest BCUT2D eigenvalue weighted by atomic mass is 10.0. The molecule has 0 atom stereocenters. The van der Waals surface area contributed by atoms with Crippen molar-refractivity contribution >= 4 is 11.6 Å². The Bertz CT molecular complexity index is 269. The number of hydrogen-bond acceptors (Lipinski definition) is 0. The van der Waals surface area contributed by atoms with Crippen LogP contribution in [0, 0.1) is 11.7 Å². The van der Waals surface area contributed by atoms with E-state index in [4.69, 9.17) is 11.6 Å². The Morgan fingerprint density at radius 3 is 2.29 bits per heavy atom. The van der Waals surface area contributed by atoms with Crippen molar-refractivity contribution in [1.82, 2.24) is 0 Å². The largest absolute Gasteiger partial charge is 0.207 e. The maximum absolute atomic E-state index is 12.6. The average molecular weight is 217 g/mol. The summed E-state index contributed by atoms with van der Waals surface area (Å²) >= 11 is 5.83. The monoisotopic (exact) mass is 216 g/mol. The second-order valence-corrected chi connectivity index (χ2v) is 3.74. The zero-order valence-corrected chi connectivity index (χ0v) is 10.0. The summed E-state index contributed by atoms with van der Waals surface area (Å²) in [6.45, 7) is 8.22. The smallest absolute Gasteiger partial charge is 0.124 e. The van der Waals surface area contributed by atoms with Crippen LogP contribution in [-0.4, -0.2) is 0 Å². The van der Waals surface area contributed by atoms with Gasteiger partial charge < -0.3 is 0 Å². The van der Waals surface area contributed by atoms with Crippen LogP contribution in [0.25, 0.3) is 0 Å². The van der Waals surface area contributed by atoms with Crippen LogP contribution in [0.3, 0.4) is 0 Å². The van der Waals surface area contributed by atoms with Gasteiger partial charge in [0.05, 0.1) is 0 Å². The first-order valence-electron chi connectivity index (χ1n) is 5.03. The number of benzene rings is 1. The van der Waals surface area contributed by atoms with Gasteiger partial charge in [-0.2, -0.15) is 0 Å². The van der Waals surface area contributed by atoms with Crippen LogP contribution in [0.1, 0.15) is 33.3 Å². The summed E-state index contributed by atoms with van der Waals surface area (Å²) in [6.07, 6.45) is 0.902. The third-order valence-corrected chi connectivity index (χ3v) is 2.00. The van der Waals surface area contributed by atoms with E-state index in [9.17, 15) is 4.39 Å². The molecule has 0 aliphatic rings. The molecule has 0 aromatic heterocycles. The summed E-state index contributed by atoms with van der Waals surface area (Å²) in [4.78, 5) is 0. The minimum atomic E-state index is -0.271. The summed E-state index contributed by atoms with van der Waals surface area (Å²) in [6, 6.07) is 4.56. The first-order valence-corrected chi connectivity index (χ1v) is 5.41. The topological polar surface area (TPSA) is 0 Å². The fourth-order valence-corrected chi connectivity index (χ4v) is 1.37. The summed E-state index contributed by atoms with van der Waals surface area (Å²) in [5, 5.41) is 0.531. The second-order valence-electron chi connectivity index (χ2n) is 3.33. The first kappa shape index (κ1) is 13.4. The first-order chi connectivity index (χ1) is 6.59. The lowest BCUT2D eigenvalue weighted by Gasteiger charge is -2.06. The van der Waals surface area contributed by atoms with Crippen LogP contribution in [0.2, 0.25) is 5.02 Å². The minimum Gasteiger partial charge on any atom is -0.207 e. The van der Waals surface area contributed by atoms with Gasteiger partial charge in [-0.05, 0) is 30.0 Å². The van der Waals surface area contributed by atoms with Crippen molar-refractivity contribution in [3.05, 3.63) is 34.6 Å². The SMILES string of the molecule is CC.CC(C)Cc1ccc(F)cc1Cl. The van der Waals surface area contributed by atoms with Crippen molar-refractivity contribution in [1.29, 1.82) is 0 Å². The number of halogens is 2. The lowest BCUT2D eigenvalue weighted by Crippen LogP contribution is -1.94. The van der Waals surface area contributed by atoms with Gasteiger partial charge in [-0.1, -0.05) is 45.4 Å². The van der Waals surface area contributed by atoms with Gasteiger partial charge in [0.15, 0.2) is 0 Å². The van der Waals surface area contributed by atoms with Gasteiger partial charge in [0.2, 0.25) is 0 Å². The van der Waals surface area contributed by atoms with Gasteiger partial charge >= 0.3 is 0 Å². The van der Waals surface area contributed by atoms with E-state index in [1.165, 1.54) is 12.1 Å². The highest BCUT2D eigenvalue weighted by atomic mass is 35.5. The molecule has 0 radical (unpaired) electrons. The Balaban J connectivity index is 0.000000791. The van der Waals surface area contributed by atoms with Crippen LogP contribution in [0.5, 0.6) is 0 Å². The fraction of sp³-hybridized carbons (Fsp3) is 0.500. The van der Waals surface area contributed by atoms with Crippen LogP contribution >= 0.6 is 11.6 Å². The molecule has 80 valence electrons. The Labute approximate surface area is 91.1 Å². The van der Waals surface area contributed by atoms with Gasteiger partial charge in [-0.3, -0.25) is 0 Å². The van der Waals surface area contributed by atoms with Gasteiger partial charge in [0.25, 0.3) is 0 Å². The van der Waals surface area contributed by atoms with Gasteiger partial charge in [-0.25, -0.2) is 4.39 Å². The van der Waals surface area contributed by atoms with Gasteiger partial charge in [-0.15, -0.1) is 0 Å². The highest BCUT2D eigenvalue weighted by Crippen LogP contribution is 2.19. The van der Waals surface area contributed by atoms with Crippen LogP contribution in [-0.2, 0) is 6.42 Å². The van der Waals surface area contributed by atoms with Crippen molar-refractivity contribution in [2.45, 2.75) is 34.1 Å². The van der Waals surface area contributed by atoms with Crippen LogP contribution in [0.15, 0.2) is 18.2 Å². The summed E-state index contributed by atoms with van der Waals surface area (Å²) in [7, 11) is 0. The van der Waals surface area contributed by atoms with E-state index < -0.39 is 0 Å². The predicted octanol–water partition coefficient (Wildman–Crippen LogP) is 4.70. The molecular weight excluding hydrogens is 199 g/mol. The van der Waals surface area contributed by atoms with Crippen LogP contribution < -0.4 is 0 Å².